The molecule has 1 heterocycles. The van der Waals surface area contributed by atoms with E-state index in [4.69, 9.17) is 9.47 Å². The molecule has 2 atom stereocenters. The molecule has 3 rings (SSSR count). The lowest BCUT2D eigenvalue weighted by atomic mass is 9.96. The number of aliphatic hydroxyl groups is 1. The molecule has 2 aromatic rings. The Morgan fingerprint density at radius 1 is 1.14 bits per heavy atom. The first-order chi connectivity index (χ1) is 10.4. The normalized spacial score (nSPS) is 24.1. The first-order valence-electron chi connectivity index (χ1n) is 6.57. The van der Waals surface area contributed by atoms with Gasteiger partial charge >= 0.3 is 6.18 Å². The number of rotatable bonds is 2. The van der Waals surface area contributed by atoms with Gasteiger partial charge < -0.3 is 14.6 Å². The van der Waals surface area contributed by atoms with Crippen molar-refractivity contribution in [2.75, 3.05) is 7.11 Å². The molecule has 0 aliphatic carbocycles. The molecule has 0 aromatic heterocycles. The molecule has 0 fully saturated rings. The van der Waals surface area contributed by atoms with Gasteiger partial charge in [0.1, 0.15) is 11.9 Å². The fourth-order valence-electron chi connectivity index (χ4n) is 2.60. The highest BCUT2D eigenvalue weighted by atomic mass is 19.4. The standard InChI is InChI=1S/C16H13F3O3/c1-21-11-6-4-5-10(9-11)14-12-7-2-3-8-13(12)15(20,22-14)16(17,18)19/h2-9,14,20H,1H3. The molecule has 0 spiro atoms. The van der Waals surface area contributed by atoms with E-state index < -0.39 is 18.1 Å². The summed E-state index contributed by atoms with van der Waals surface area (Å²) in [5, 5.41) is 10.1. The lowest BCUT2D eigenvalue weighted by Crippen LogP contribution is -2.42. The van der Waals surface area contributed by atoms with Gasteiger partial charge in [-0.2, -0.15) is 13.2 Å². The number of benzene rings is 2. The molecule has 2 unspecified atom stereocenters. The topological polar surface area (TPSA) is 38.7 Å². The number of methoxy groups -OCH3 is 1. The zero-order valence-electron chi connectivity index (χ0n) is 11.6. The van der Waals surface area contributed by atoms with Gasteiger partial charge in [-0.15, -0.1) is 0 Å². The van der Waals surface area contributed by atoms with Gasteiger partial charge in [-0.1, -0.05) is 36.4 Å². The molecule has 2 aromatic carbocycles. The van der Waals surface area contributed by atoms with E-state index in [2.05, 4.69) is 0 Å². The molecule has 6 heteroatoms. The Morgan fingerprint density at radius 3 is 2.55 bits per heavy atom. The van der Waals surface area contributed by atoms with E-state index in [0.717, 1.165) is 0 Å². The average molecular weight is 310 g/mol. The second kappa shape index (κ2) is 5.00. The molecule has 0 radical (unpaired) electrons. The van der Waals surface area contributed by atoms with Crippen LogP contribution in [0.4, 0.5) is 13.2 Å². The maximum atomic E-state index is 13.3. The summed E-state index contributed by atoms with van der Waals surface area (Å²) in [4.78, 5) is 0. The highest BCUT2D eigenvalue weighted by Gasteiger charge is 2.62. The van der Waals surface area contributed by atoms with Gasteiger partial charge in [0.25, 0.3) is 5.79 Å². The van der Waals surface area contributed by atoms with Gasteiger partial charge in [0.15, 0.2) is 0 Å². The molecular formula is C16H13F3O3. The third kappa shape index (κ3) is 2.15. The van der Waals surface area contributed by atoms with Crippen LogP contribution in [-0.4, -0.2) is 18.4 Å². The summed E-state index contributed by atoms with van der Waals surface area (Å²) in [7, 11) is 1.47. The van der Waals surface area contributed by atoms with Crippen LogP contribution in [0, 0.1) is 0 Å². The van der Waals surface area contributed by atoms with Crippen molar-refractivity contribution in [2.45, 2.75) is 18.1 Å². The SMILES string of the molecule is COc1cccc(C2OC(O)(C(F)(F)F)c3ccccc32)c1. The average Bonchev–Trinajstić information content (AvgIpc) is 2.82. The van der Waals surface area contributed by atoms with Crippen LogP contribution in [0.1, 0.15) is 22.8 Å². The number of fused-ring (bicyclic) bond motifs is 1. The number of hydrogen-bond donors (Lipinski definition) is 1. The molecule has 0 amide bonds. The summed E-state index contributed by atoms with van der Waals surface area (Å²) in [5.41, 5.74) is 0.484. The van der Waals surface area contributed by atoms with E-state index in [1.165, 1.54) is 25.3 Å². The van der Waals surface area contributed by atoms with Gasteiger partial charge in [0.2, 0.25) is 0 Å². The predicted octanol–water partition coefficient (Wildman–Crippen LogP) is 3.52. The molecule has 1 N–H and O–H groups in total. The quantitative estimate of drug-likeness (QED) is 0.922. The first kappa shape index (κ1) is 14.9. The largest absolute Gasteiger partial charge is 0.497 e. The van der Waals surface area contributed by atoms with Gasteiger partial charge in [-0.3, -0.25) is 0 Å². The third-order valence-corrected chi connectivity index (χ3v) is 3.68. The number of hydrogen-bond acceptors (Lipinski definition) is 3. The van der Waals surface area contributed by atoms with Crippen LogP contribution in [0.15, 0.2) is 48.5 Å². The molecule has 3 nitrogen and oxygen atoms in total. The summed E-state index contributed by atoms with van der Waals surface area (Å²) >= 11 is 0. The molecule has 1 aliphatic heterocycles. The van der Waals surface area contributed by atoms with Crippen LogP contribution in [-0.2, 0) is 10.5 Å². The summed E-state index contributed by atoms with van der Waals surface area (Å²) < 4.78 is 49.9. The summed E-state index contributed by atoms with van der Waals surface area (Å²) in [6, 6.07) is 12.3. The van der Waals surface area contributed by atoms with E-state index in [0.29, 0.717) is 11.3 Å². The number of ether oxygens (including phenoxy) is 2. The highest BCUT2D eigenvalue weighted by molar-refractivity contribution is 5.44. The Morgan fingerprint density at radius 2 is 1.86 bits per heavy atom. The lowest BCUT2D eigenvalue weighted by molar-refractivity contribution is -0.375. The Hall–Kier alpha value is -2.05. The molecule has 0 bridgehead atoms. The maximum Gasteiger partial charge on any atom is 0.448 e. The van der Waals surface area contributed by atoms with E-state index in [9.17, 15) is 18.3 Å². The monoisotopic (exact) mass is 310 g/mol. The summed E-state index contributed by atoms with van der Waals surface area (Å²) in [5.74, 6) is -2.81. The molecular weight excluding hydrogens is 297 g/mol. The Kier molecular flexibility index (Phi) is 3.38. The van der Waals surface area contributed by atoms with Crippen molar-refractivity contribution >= 4 is 0 Å². The highest BCUT2D eigenvalue weighted by Crippen LogP contribution is 2.52. The van der Waals surface area contributed by atoms with Gasteiger partial charge in [0, 0.05) is 5.56 Å². The van der Waals surface area contributed by atoms with Crippen molar-refractivity contribution in [2.24, 2.45) is 0 Å². The minimum absolute atomic E-state index is 0.282. The minimum Gasteiger partial charge on any atom is -0.497 e. The Balaban J connectivity index is 2.12. The smallest absolute Gasteiger partial charge is 0.448 e. The number of alkyl halides is 3. The Bertz CT molecular complexity index is 699. The van der Waals surface area contributed by atoms with E-state index in [1.54, 1.807) is 30.3 Å². The maximum absolute atomic E-state index is 13.3. The zero-order valence-corrected chi connectivity index (χ0v) is 11.6. The van der Waals surface area contributed by atoms with Gasteiger partial charge in [0.05, 0.1) is 7.11 Å². The fraction of sp³-hybridized carbons (Fsp3) is 0.250. The minimum atomic E-state index is -4.93. The molecule has 1 aliphatic rings. The van der Waals surface area contributed by atoms with E-state index >= 15 is 0 Å². The molecule has 0 saturated heterocycles. The van der Waals surface area contributed by atoms with Crippen molar-refractivity contribution in [3.05, 3.63) is 65.2 Å². The van der Waals surface area contributed by atoms with Crippen LogP contribution < -0.4 is 4.74 Å². The van der Waals surface area contributed by atoms with Crippen molar-refractivity contribution in [1.29, 1.82) is 0 Å². The molecule has 22 heavy (non-hydrogen) atoms. The fourth-order valence-corrected chi connectivity index (χ4v) is 2.60. The Labute approximate surface area is 124 Å². The predicted molar refractivity (Wildman–Crippen MR) is 72.3 cm³/mol. The van der Waals surface area contributed by atoms with E-state index in [-0.39, 0.29) is 11.1 Å². The van der Waals surface area contributed by atoms with E-state index in [1.807, 2.05) is 0 Å². The summed E-state index contributed by atoms with van der Waals surface area (Å²) in [6.07, 6.45) is -5.95. The first-order valence-corrected chi connectivity index (χ1v) is 6.57. The second-order valence-corrected chi connectivity index (χ2v) is 5.00. The second-order valence-electron chi connectivity index (χ2n) is 5.00. The molecule has 0 saturated carbocycles. The van der Waals surface area contributed by atoms with Crippen molar-refractivity contribution in [3.63, 3.8) is 0 Å². The van der Waals surface area contributed by atoms with Gasteiger partial charge in [-0.25, -0.2) is 0 Å². The van der Waals surface area contributed by atoms with Crippen molar-refractivity contribution in [3.8, 4) is 5.75 Å². The van der Waals surface area contributed by atoms with Crippen LogP contribution in [0.25, 0.3) is 0 Å². The van der Waals surface area contributed by atoms with Gasteiger partial charge in [-0.05, 0) is 23.3 Å². The van der Waals surface area contributed by atoms with Crippen LogP contribution in [0.5, 0.6) is 5.75 Å². The van der Waals surface area contributed by atoms with Crippen LogP contribution in [0.3, 0.4) is 0 Å². The molecule has 116 valence electrons. The summed E-state index contributed by atoms with van der Waals surface area (Å²) in [6.45, 7) is 0. The number of halogens is 3. The van der Waals surface area contributed by atoms with Crippen molar-refractivity contribution in [1.82, 2.24) is 0 Å². The zero-order chi connectivity index (χ0) is 16.0. The lowest BCUT2D eigenvalue weighted by Gasteiger charge is -2.26. The third-order valence-electron chi connectivity index (χ3n) is 3.68. The van der Waals surface area contributed by atoms with Crippen LogP contribution >= 0.6 is 0 Å². The van der Waals surface area contributed by atoms with Crippen LogP contribution in [0.2, 0.25) is 0 Å². The van der Waals surface area contributed by atoms with Crippen molar-refractivity contribution < 1.29 is 27.8 Å².